The fraction of sp³-hybridized carbons (Fsp3) is 0. The number of halogens is 1. The molecular formula is C27H19ClN2Se. The Morgan fingerprint density at radius 1 is 0.613 bits per heavy atom. The predicted octanol–water partition coefficient (Wildman–Crippen LogP) is 5.51. The first-order chi connectivity index (χ1) is 15.3. The summed E-state index contributed by atoms with van der Waals surface area (Å²) in [5.41, 5.74) is 5.42. The van der Waals surface area contributed by atoms with Crippen molar-refractivity contribution in [2.24, 2.45) is 0 Å². The Labute approximate surface area is 193 Å². The summed E-state index contributed by atoms with van der Waals surface area (Å²) in [6, 6.07) is 39.5. The van der Waals surface area contributed by atoms with Crippen LogP contribution in [0.15, 0.2) is 115 Å². The van der Waals surface area contributed by atoms with Crippen molar-refractivity contribution in [3.05, 3.63) is 120 Å². The third-order valence-electron chi connectivity index (χ3n) is 4.97. The van der Waals surface area contributed by atoms with E-state index in [-0.39, 0.29) is 15.0 Å². The van der Waals surface area contributed by atoms with Crippen molar-refractivity contribution in [1.29, 1.82) is 0 Å². The van der Waals surface area contributed by atoms with Crippen LogP contribution in [-0.4, -0.2) is 24.7 Å². The number of nitrogens with zero attached hydrogens (tertiary/aromatic N) is 2. The Morgan fingerprint density at radius 3 is 1.84 bits per heavy atom. The first-order valence-corrected chi connectivity index (χ1v) is 12.1. The molecule has 150 valence electrons. The topological polar surface area (TPSA) is 17.8 Å². The van der Waals surface area contributed by atoms with Crippen molar-refractivity contribution in [3.8, 4) is 28.2 Å². The van der Waals surface area contributed by atoms with Gasteiger partial charge in [-0.3, -0.25) is 0 Å². The van der Waals surface area contributed by atoms with Gasteiger partial charge in [0.15, 0.2) is 0 Å². The minimum atomic E-state index is 0.0778. The van der Waals surface area contributed by atoms with E-state index < -0.39 is 0 Å². The molecule has 4 heteroatoms. The number of hydrogen-bond donors (Lipinski definition) is 0. The third kappa shape index (κ3) is 4.22. The van der Waals surface area contributed by atoms with Crippen molar-refractivity contribution in [2.75, 3.05) is 0 Å². The van der Waals surface area contributed by atoms with Crippen molar-refractivity contribution in [2.45, 2.75) is 0 Å². The normalized spacial score (nSPS) is 10.9. The van der Waals surface area contributed by atoms with Crippen LogP contribution in [0.5, 0.6) is 0 Å². The van der Waals surface area contributed by atoms with Crippen LogP contribution in [0.2, 0.25) is 5.02 Å². The van der Waals surface area contributed by atoms with Gasteiger partial charge in [-0.15, -0.1) is 0 Å². The maximum atomic E-state index is 6.21. The molecular weight excluding hydrogens is 467 g/mol. The monoisotopic (exact) mass is 486 g/mol. The zero-order valence-corrected chi connectivity index (χ0v) is 19.1. The molecule has 0 bridgehead atoms. The van der Waals surface area contributed by atoms with E-state index in [4.69, 9.17) is 16.7 Å². The number of aromatic nitrogens is 2. The molecule has 0 spiro atoms. The van der Waals surface area contributed by atoms with Crippen LogP contribution in [0.25, 0.3) is 28.2 Å². The van der Waals surface area contributed by atoms with Crippen molar-refractivity contribution in [1.82, 2.24) is 9.78 Å². The van der Waals surface area contributed by atoms with Crippen LogP contribution in [0.1, 0.15) is 0 Å². The molecule has 0 aliphatic carbocycles. The van der Waals surface area contributed by atoms with E-state index in [0.717, 1.165) is 33.2 Å². The summed E-state index contributed by atoms with van der Waals surface area (Å²) in [4.78, 5) is 0. The molecule has 0 N–H and O–H groups in total. The van der Waals surface area contributed by atoms with Crippen molar-refractivity contribution in [3.63, 3.8) is 0 Å². The Kier molecular flexibility index (Phi) is 5.73. The van der Waals surface area contributed by atoms with E-state index in [9.17, 15) is 0 Å². The Hall–Kier alpha value is -3.10. The number of para-hydroxylation sites is 1. The first-order valence-electron chi connectivity index (χ1n) is 10.0. The van der Waals surface area contributed by atoms with Crippen molar-refractivity contribution < 1.29 is 0 Å². The molecule has 0 radical (unpaired) electrons. The van der Waals surface area contributed by atoms with Gasteiger partial charge in [-0.2, -0.15) is 0 Å². The number of benzene rings is 4. The standard InChI is InChI=1S/C27H19ClN2Se/c28-22-18-16-21(17-19-22)26-27(31-24-14-8-3-9-15-24)25(20-10-4-1-5-11-20)29-30(26)23-12-6-2-7-13-23/h1-19H. The summed E-state index contributed by atoms with van der Waals surface area (Å²) >= 11 is 6.29. The Bertz CT molecular complexity index is 1280. The number of hydrogen-bond acceptors (Lipinski definition) is 1. The second-order valence-electron chi connectivity index (χ2n) is 7.06. The van der Waals surface area contributed by atoms with Gasteiger partial charge in [0.1, 0.15) is 0 Å². The van der Waals surface area contributed by atoms with E-state index >= 15 is 0 Å². The van der Waals surface area contributed by atoms with Gasteiger partial charge in [0.05, 0.1) is 0 Å². The molecule has 4 aromatic carbocycles. The van der Waals surface area contributed by atoms with Crippen LogP contribution >= 0.6 is 11.6 Å². The summed E-state index contributed by atoms with van der Waals surface area (Å²) in [5.74, 6) is 0. The molecule has 31 heavy (non-hydrogen) atoms. The zero-order chi connectivity index (χ0) is 21.0. The summed E-state index contributed by atoms with van der Waals surface area (Å²) in [6.45, 7) is 0. The summed E-state index contributed by atoms with van der Waals surface area (Å²) < 4.78 is 4.65. The van der Waals surface area contributed by atoms with Crippen LogP contribution in [0, 0.1) is 0 Å². The second kappa shape index (κ2) is 8.95. The van der Waals surface area contributed by atoms with Crippen LogP contribution in [0.4, 0.5) is 0 Å². The van der Waals surface area contributed by atoms with E-state index in [1.165, 1.54) is 8.92 Å². The molecule has 0 aliphatic heterocycles. The van der Waals surface area contributed by atoms with Gasteiger partial charge in [0.25, 0.3) is 0 Å². The van der Waals surface area contributed by atoms with Crippen LogP contribution < -0.4 is 8.92 Å². The van der Waals surface area contributed by atoms with Gasteiger partial charge in [-0.25, -0.2) is 0 Å². The fourth-order valence-electron chi connectivity index (χ4n) is 3.51. The number of rotatable bonds is 5. The molecule has 0 atom stereocenters. The van der Waals surface area contributed by atoms with E-state index in [0.29, 0.717) is 0 Å². The van der Waals surface area contributed by atoms with E-state index in [1.54, 1.807) is 0 Å². The summed E-state index contributed by atoms with van der Waals surface area (Å²) in [5, 5.41) is 5.87. The first kappa shape index (κ1) is 19.8. The van der Waals surface area contributed by atoms with Gasteiger partial charge in [-0.05, 0) is 0 Å². The average Bonchev–Trinajstić information content (AvgIpc) is 3.20. The molecule has 0 saturated heterocycles. The van der Waals surface area contributed by atoms with Gasteiger partial charge >= 0.3 is 194 Å². The molecule has 1 aromatic heterocycles. The molecule has 2 nitrogen and oxygen atoms in total. The predicted molar refractivity (Wildman–Crippen MR) is 131 cm³/mol. The maximum absolute atomic E-state index is 6.21. The second-order valence-corrected chi connectivity index (χ2v) is 9.77. The van der Waals surface area contributed by atoms with Gasteiger partial charge in [0, 0.05) is 0 Å². The van der Waals surface area contributed by atoms with Gasteiger partial charge in [0.2, 0.25) is 0 Å². The fourth-order valence-corrected chi connectivity index (χ4v) is 5.91. The SMILES string of the molecule is Clc1ccc(-c2c([Se]c3ccccc3)c(-c3ccccc3)nn2-c2ccccc2)cc1. The molecule has 0 unspecified atom stereocenters. The van der Waals surface area contributed by atoms with Gasteiger partial charge < -0.3 is 0 Å². The molecule has 0 saturated carbocycles. The quantitative estimate of drug-likeness (QED) is 0.300. The van der Waals surface area contributed by atoms with Crippen LogP contribution in [0.3, 0.4) is 0 Å². The molecule has 1 heterocycles. The summed E-state index contributed by atoms with van der Waals surface area (Å²) in [7, 11) is 0. The van der Waals surface area contributed by atoms with Crippen LogP contribution in [-0.2, 0) is 0 Å². The van der Waals surface area contributed by atoms with Crippen molar-refractivity contribution >= 4 is 35.5 Å². The third-order valence-corrected chi connectivity index (χ3v) is 7.53. The molecule has 0 amide bonds. The van der Waals surface area contributed by atoms with E-state index in [2.05, 4.69) is 83.5 Å². The molecule has 0 fully saturated rings. The molecule has 5 rings (SSSR count). The Morgan fingerprint density at radius 2 is 1.19 bits per heavy atom. The average molecular weight is 486 g/mol. The van der Waals surface area contributed by atoms with Gasteiger partial charge in [-0.1, -0.05) is 0 Å². The molecule has 5 aromatic rings. The Balaban J connectivity index is 1.80. The van der Waals surface area contributed by atoms with E-state index in [1.807, 2.05) is 36.4 Å². The molecule has 0 aliphatic rings. The minimum absolute atomic E-state index is 0.0778. The zero-order valence-electron chi connectivity index (χ0n) is 16.7. The summed E-state index contributed by atoms with van der Waals surface area (Å²) in [6.07, 6.45) is 0.